The number of aliphatic hydroxyl groups is 1. The molecular formula is C11H10ClNO2. The molecular weight excluding hydrogens is 214 g/mol. The van der Waals surface area contributed by atoms with Crippen LogP contribution in [-0.4, -0.2) is 17.3 Å². The number of carbonyl (C=O) groups excluding carboxylic acids is 1. The fourth-order valence-corrected chi connectivity index (χ4v) is 2.08. The summed E-state index contributed by atoms with van der Waals surface area (Å²) in [4.78, 5) is 14.2. The largest absolute Gasteiger partial charge is 0.393 e. The molecule has 0 bridgehead atoms. The van der Waals surface area contributed by atoms with Crippen molar-refractivity contribution in [3.05, 3.63) is 34.9 Å². The average molecular weight is 224 g/mol. The van der Waals surface area contributed by atoms with E-state index in [1.807, 2.05) is 12.1 Å². The van der Waals surface area contributed by atoms with Crippen LogP contribution in [0.3, 0.4) is 0 Å². The lowest BCUT2D eigenvalue weighted by molar-refractivity contribution is 0.0223. The quantitative estimate of drug-likeness (QED) is 0.616. The number of benzene rings is 1. The van der Waals surface area contributed by atoms with Crippen LogP contribution in [0.5, 0.6) is 0 Å². The van der Waals surface area contributed by atoms with Gasteiger partial charge < -0.3 is 5.11 Å². The van der Waals surface area contributed by atoms with Gasteiger partial charge in [0.05, 0.1) is 6.10 Å². The summed E-state index contributed by atoms with van der Waals surface area (Å²) in [6.07, 6.45) is 2.15. The fraction of sp³-hybridized carbons (Fsp3) is 0.364. The van der Waals surface area contributed by atoms with E-state index in [9.17, 15) is 9.90 Å². The summed E-state index contributed by atoms with van der Waals surface area (Å²) in [5.41, 5.74) is 0.326. The van der Waals surface area contributed by atoms with Crippen molar-refractivity contribution in [3.8, 4) is 0 Å². The molecule has 1 aromatic rings. The lowest BCUT2D eigenvalue weighted by Gasteiger charge is -2.41. The summed E-state index contributed by atoms with van der Waals surface area (Å²) < 4.78 is 0. The molecule has 3 nitrogen and oxygen atoms in total. The van der Waals surface area contributed by atoms with Crippen LogP contribution in [0.4, 0.5) is 0 Å². The van der Waals surface area contributed by atoms with Gasteiger partial charge in [-0.05, 0) is 17.7 Å². The fourth-order valence-electron chi connectivity index (χ4n) is 1.96. The van der Waals surface area contributed by atoms with Crippen LogP contribution in [0.25, 0.3) is 0 Å². The molecule has 1 aliphatic carbocycles. The molecule has 1 aliphatic rings. The second kappa shape index (κ2) is 3.78. The number of hydrogen-bond acceptors (Lipinski definition) is 3. The molecule has 1 N–H and O–H groups in total. The van der Waals surface area contributed by atoms with Gasteiger partial charge in [-0.3, -0.25) is 0 Å². The highest BCUT2D eigenvalue weighted by atomic mass is 35.5. The van der Waals surface area contributed by atoms with Crippen molar-refractivity contribution in [3.63, 3.8) is 0 Å². The standard InChI is InChI=1S/C11H10ClNO2/c12-9-3-1-8(2-4-9)11(13-7-14)5-10(15)6-11/h1-4,10,15H,5-6H2. The maximum atomic E-state index is 10.4. The second-order valence-corrected chi connectivity index (χ2v) is 4.24. The molecule has 0 aromatic heterocycles. The number of rotatable bonds is 2. The van der Waals surface area contributed by atoms with Crippen LogP contribution in [0.2, 0.25) is 5.02 Å². The minimum atomic E-state index is -0.578. The molecule has 0 radical (unpaired) electrons. The first-order chi connectivity index (χ1) is 7.16. The molecule has 0 amide bonds. The summed E-state index contributed by atoms with van der Waals surface area (Å²) in [5.74, 6) is 0. The van der Waals surface area contributed by atoms with E-state index < -0.39 is 5.54 Å². The van der Waals surface area contributed by atoms with E-state index in [0.29, 0.717) is 17.9 Å². The predicted octanol–water partition coefficient (Wildman–Crippen LogP) is 2.03. The molecule has 1 saturated carbocycles. The highest BCUT2D eigenvalue weighted by Crippen LogP contribution is 2.44. The third-order valence-electron chi connectivity index (χ3n) is 2.79. The van der Waals surface area contributed by atoms with Gasteiger partial charge in [0.15, 0.2) is 0 Å². The summed E-state index contributed by atoms with van der Waals surface area (Å²) in [7, 11) is 0. The van der Waals surface area contributed by atoms with Crippen molar-refractivity contribution in [1.82, 2.24) is 0 Å². The van der Waals surface area contributed by atoms with Gasteiger partial charge in [-0.25, -0.2) is 4.79 Å². The molecule has 1 fully saturated rings. The number of halogens is 1. The molecule has 0 aliphatic heterocycles. The lowest BCUT2D eigenvalue weighted by atomic mass is 9.70. The van der Waals surface area contributed by atoms with Gasteiger partial charge in [0, 0.05) is 17.9 Å². The van der Waals surface area contributed by atoms with Crippen molar-refractivity contribution >= 4 is 17.7 Å². The van der Waals surface area contributed by atoms with Gasteiger partial charge in [0.25, 0.3) is 0 Å². The van der Waals surface area contributed by atoms with Crippen molar-refractivity contribution in [2.45, 2.75) is 24.5 Å². The Kier molecular flexibility index (Phi) is 2.61. The SMILES string of the molecule is O=C=NC1(c2ccc(Cl)cc2)CC(O)C1. The number of hydrogen-bond donors (Lipinski definition) is 1. The minimum Gasteiger partial charge on any atom is -0.393 e. The summed E-state index contributed by atoms with van der Waals surface area (Å²) >= 11 is 5.77. The molecule has 0 atom stereocenters. The monoisotopic (exact) mass is 223 g/mol. The van der Waals surface area contributed by atoms with Crippen molar-refractivity contribution < 1.29 is 9.90 Å². The van der Waals surface area contributed by atoms with Gasteiger partial charge in [0.1, 0.15) is 5.54 Å². The maximum Gasteiger partial charge on any atom is 0.235 e. The zero-order valence-corrected chi connectivity index (χ0v) is 8.74. The van der Waals surface area contributed by atoms with E-state index in [2.05, 4.69) is 4.99 Å². The Balaban J connectivity index is 2.34. The summed E-state index contributed by atoms with van der Waals surface area (Å²) in [6, 6.07) is 7.16. The molecule has 78 valence electrons. The Morgan fingerprint density at radius 3 is 2.47 bits per heavy atom. The van der Waals surface area contributed by atoms with Crippen LogP contribution in [0.15, 0.2) is 29.3 Å². The van der Waals surface area contributed by atoms with E-state index in [4.69, 9.17) is 11.6 Å². The normalized spacial score (nSPS) is 29.1. The smallest absolute Gasteiger partial charge is 0.235 e. The van der Waals surface area contributed by atoms with Gasteiger partial charge in [0.2, 0.25) is 6.08 Å². The molecule has 0 saturated heterocycles. The van der Waals surface area contributed by atoms with Crippen LogP contribution < -0.4 is 0 Å². The topological polar surface area (TPSA) is 49.7 Å². The molecule has 1 aromatic carbocycles. The summed E-state index contributed by atoms with van der Waals surface area (Å²) in [5, 5.41) is 9.95. The van der Waals surface area contributed by atoms with Gasteiger partial charge in [-0.1, -0.05) is 23.7 Å². The predicted molar refractivity (Wildman–Crippen MR) is 56.5 cm³/mol. The Labute approximate surface area is 92.4 Å². The zero-order chi connectivity index (χ0) is 10.9. The van der Waals surface area contributed by atoms with Gasteiger partial charge in [-0.2, -0.15) is 4.99 Å². The number of aliphatic hydroxyl groups excluding tert-OH is 1. The van der Waals surface area contributed by atoms with Crippen molar-refractivity contribution in [2.75, 3.05) is 0 Å². The van der Waals surface area contributed by atoms with E-state index in [1.54, 1.807) is 18.2 Å². The van der Waals surface area contributed by atoms with Gasteiger partial charge in [-0.15, -0.1) is 0 Å². The lowest BCUT2D eigenvalue weighted by Crippen LogP contribution is -2.43. The first-order valence-electron chi connectivity index (χ1n) is 4.69. The highest BCUT2D eigenvalue weighted by molar-refractivity contribution is 6.30. The van der Waals surface area contributed by atoms with Crippen LogP contribution in [0.1, 0.15) is 18.4 Å². The minimum absolute atomic E-state index is 0.377. The first-order valence-corrected chi connectivity index (χ1v) is 5.07. The van der Waals surface area contributed by atoms with E-state index in [1.165, 1.54) is 0 Å². The third kappa shape index (κ3) is 1.82. The second-order valence-electron chi connectivity index (χ2n) is 3.80. The Hall–Kier alpha value is -1.15. The molecule has 2 rings (SSSR count). The Morgan fingerprint density at radius 2 is 2.00 bits per heavy atom. The average Bonchev–Trinajstić information content (AvgIpc) is 2.16. The van der Waals surface area contributed by atoms with E-state index in [0.717, 1.165) is 5.56 Å². The van der Waals surface area contributed by atoms with E-state index >= 15 is 0 Å². The Morgan fingerprint density at radius 1 is 1.40 bits per heavy atom. The number of isocyanates is 1. The Bertz CT molecular complexity index is 403. The number of aliphatic imine (C=N–C) groups is 1. The maximum absolute atomic E-state index is 10.4. The molecule has 15 heavy (non-hydrogen) atoms. The highest BCUT2D eigenvalue weighted by Gasteiger charge is 2.45. The van der Waals surface area contributed by atoms with E-state index in [-0.39, 0.29) is 6.10 Å². The van der Waals surface area contributed by atoms with Crippen molar-refractivity contribution in [2.24, 2.45) is 4.99 Å². The van der Waals surface area contributed by atoms with Crippen LogP contribution >= 0.6 is 11.6 Å². The molecule has 4 heteroatoms. The molecule has 0 unspecified atom stereocenters. The molecule has 0 spiro atoms. The van der Waals surface area contributed by atoms with Crippen molar-refractivity contribution in [1.29, 1.82) is 0 Å². The van der Waals surface area contributed by atoms with Crippen LogP contribution in [-0.2, 0) is 10.3 Å². The number of nitrogens with zero attached hydrogens (tertiary/aromatic N) is 1. The van der Waals surface area contributed by atoms with Gasteiger partial charge >= 0.3 is 0 Å². The molecule has 0 heterocycles. The first kappa shape index (κ1) is 10.4. The third-order valence-corrected chi connectivity index (χ3v) is 3.04. The summed E-state index contributed by atoms with van der Waals surface area (Å²) in [6.45, 7) is 0. The van der Waals surface area contributed by atoms with Crippen LogP contribution in [0, 0.1) is 0 Å². The zero-order valence-electron chi connectivity index (χ0n) is 7.98.